The highest BCUT2D eigenvalue weighted by molar-refractivity contribution is 8.00. The van der Waals surface area contributed by atoms with Crippen LogP contribution in [0.2, 0.25) is 0 Å². The summed E-state index contributed by atoms with van der Waals surface area (Å²) in [6.45, 7) is 6.58. The van der Waals surface area contributed by atoms with Gasteiger partial charge in [0.25, 0.3) is 0 Å². The van der Waals surface area contributed by atoms with Crippen LogP contribution in [-0.4, -0.2) is 33.6 Å². The minimum Gasteiger partial charge on any atom is -0.353 e. The van der Waals surface area contributed by atoms with E-state index in [2.05, 4.69) is 28.7 Å². The van der Waals surface area contributed by atoms with Gasteiger partial charge in [0.05, 0.1) is 17.8 Å². The Hall–Kier alpha value is -0.480. The molecule has 0 bridgehead atoms. The fraction of sp³-hybridized carbons (Fsp3) is 0.636. The van der Waals surface area contributed by atoms with Crippen molar-refractivity contribution in [2.24, 2.45) is 0 Å². The van der Waals surface area contributed by atoms with E-state index in [1.54, 1.807) is 6.20 Å². The van der Waals surface area contributed by atoms with Gasteiger partial charge in [-0.3, -0.25) is 4.98 Å². The first kappa shape index (κ1) is 12.0. The molecule has 88 valence electrons. The van der Waals surface area contributed by atoms with E-state index in [0.717, 1.165) is 30.4 Å². The van der Waals surface area contributed by atoms with Gasteiger partial charge in [-0.1, -0.05) is 0 Å². The van der Waals surface area contributed by atoms with Crippen molar-refractivity contribution in [3.63, 3.8) is 0 Å². The van der Waals surface area contributed by atoms with E-state index >= 15 is 0 Å². The Kier molecular flexibility index (Phi) is 3.60. The summed E-state index contributed by atoms with van der Waals surface area (Å²) in [4.78, 5) is 11.0. The molecule has 1 aromatic rings. The van der Waals surface area contributed by atoms with Gasteiger partial charge in [-0.05, 0) is 13.8 Å². The lowest BCUT2D eigenvalue weighted by molar-refractivity contribution is 0.640. The summed E-state index contributed by atoms with van der Waals surface area (Å²) < 4.78 is 0.289. The summed E-state index contributed by atoms with van der Waals surface area (Å²) in [6.07, 6.45) is 3.54. The summed E-state index contributed by atoms with van der Waals surface area (Å²) >= 11 is 7.78. The minimum absolute atomic E-state index is 0.289. The second kappa shape index (κ2) is 4.80. The van der Waals surface area contributed by atoms with Crippen LogP contribution >= 0.6 is 23.4 Å². The molecule has 2 rings (SSSR count). The lowest BCUT2D eigenvalue weighted by atomic mass is 10.2. The third kappa shape index (κ3) is 2.80. The average molecular weight is 258 g/mol. The topological polar surface area (TPSA) is 29.0 Å². The maximum atomic E-state index is 5.77. The van der Waals surface area contributed by atoms with E-state index in [1.807, 2.05) is 18.0 Å². The van der Waals surface area contributed by atoms with Crippen LogP contribution < -0.4 is 4.90 Å². The molecular weight excluding hydrogens is 242 g/mol. The number of aromatic nitrogens is 2. The van der Waals surface area contributed by atoms with E-state index in [4.69, 9.17) is 11.6 Å². The minimum atomic E-state index is 0.289. The van der Waals surface area contributed by atoms with Crippen molar-refractivity contribution in [3.05, 3.63) is 18.1 Å². The summed E-state index contributed by atoms with van der Waals surface area (Å²) in [5, 5.41) is 0. The first-order valence-electron chi connectivity index (χ1n) is 5.36. The van der Waals surface area contributed by atoms with E-state index in [1.165, 1.54) is 0 Å². The Morgan fingerprint density at radius 2 is 2.31 bits per heavy atom. The third-order valence-corrected chi connectivity index (χ3v) is 4.13. The summed E-state index contributed by atoms with van der Waals surface area (Å²) in [5.74, 6) is 2.51. The summed E-state index contributed by atoms with van der Waals surface area (Å²) in [6, 6.07) is 0. The maximum Gasteiger partial charge on any atom is 0.147 e. The Morgan fingerprint density at radius 1 is 1.50 bits per heavy atom. The van der Waals surface area contributed by atoms with Crippen LogP contribution in [0.5, 0.6) is 0 Å². The number of rotatable bonds is 2. The number of hydrogen-bond donors (Lipinski definition) is 0. The fourth-order valence-corrected chi connectivity index (χ4v) is 3.06. The lowest BCUT2D eigenvalue weighted by Crippen LogP contribution is -2.43. The zero-order valence-electron chi connectivity index (χ0n) is 9.61. The molecule has 0 atom stereocenters. The Bertz CT molecular complexity index is 370. The Labute approximate surface area is 106 Å². The van der Waals surface area contributed by atoms with Crippen molar-refractivity contribution in [1.29, 1.82) is 0 Å². The maximum absolute atomic E-state index is 5.77. The molecule has 0 radical (unpaired) electrons. The van der Waals surface area contributed by atoms with Crippen LogP contribution in [0.15, 0.2) is 12.4 Å². The van der Waals surface area contributed by atoms with Crippen LogP contribution in [0, 0.1) is 0 Å². The van der Waals surface area contributed by atoms with E-state index < -0.39 is 0 Å². The van der Waals surface area contributed by atoms with Gasteiger partial charge in [-0.25, -0.2) is 4.98 Å². The van der Waals surface area contributed by atoms with Gasteiger partial charge >= 0.3 is 0 Å². The highest BCUT2D eigenvalue weighted by atomic mass is 35.5. The van der Waals surface area contributed by atoms with Gasteiger partial charge in [-0.2, -0.15) is 11.8 Å². The summed E-state index contributed by atoms with van der Waals surface area (Å²) in [5.41, 5.74) is 0.843. The van der Waals surface area contributed by atoms with E-state index in [0.29, 0.717) is 5.88 Å². The van der Waals surface area contributed by atoms with Crippen molar-refractivity contribution in [3.8, 4) is 0 Å². The smallest absolute Gasteiger partial charge is 0.147 e. The van der Waals surface area contributed by atoms with Gasteiger partial charge in [0.2, 0.25) is 0 Å². The molecule has 1 aliphatic heterocycles. The standard InChI is InChI=1S/C11H16ClN3S/c1-11(2)8-15(3-4-16-11)10-7-13-6-9(5-12)14-10/h6-7H,3-5,8H2,1-2H3. The second-order valence-electron chi connectivity index (χ2n) is 4.53. The number of thioether (sulfide) groups is 1. The van der Waals surface area contributed by atoms with Gasteiger partial charge in [0.1, 0.15) is 5.82 Å². The quantitative estimate of drug-likeness (QED) is 0.762. The first-order chi connectivity index (χ1) is 7.61. The number of alkyl halides is 1. The lowest BCUT2D eigenvalue weighted by Gasteiger charge is -2.38. The highest BCUT2D eigenvalue weighted by Crippen LogP contribution is 2.31. The molecule has 0 aliphatic carbocycles. The molecule has 1 fully saturated rings. The zero-order valence-corrected chi connectivity index (χ0v) is 11.2. The van der Waals surface area contributed by atoms with Gasteiger partial charge in [0.15, 0.2) is 0 Å². The predicted octanol–water partition coefficient (Wildman–Crippen LogP) is 2.55. The van der Waals surface area contributed by atoms with Crippen LogP contribution in [0.3, 0.4) is 0 Å². The molecular formula is C11H16ClN3S. The Morgan fingerprint density at radius 3 is 3.00 bits per heavy atom. The molecule has 0 spiro atoms. The highest BCUT2D eigenvalue weighted by Gasteiger charge is 2.27. The number of hydrogen-bond acceptors (Lipinski definition) is 4. The van der Waals surface area contributed by atoms with Crippen LogP contribution in [0.4, 0.5) is 5.82 Å². The molecule has 0 N–H and O–H groups in total. The molecule has 0 amide bonds. The predicted molar refractivity (Wildman–Crippen MR) is 70.3 cm³/mol. The molecule has 1 aliphatic rings. The molecule has 0 saturated carbocycles. The van der Waals surface area contributed by atoms with Crippen molar-refractivity contribution < 1.29 is 0 Å². The molecule has 0 unspecified atom stereocenters. The third-order valence-electron chi connectivity index (χ3n) is 2.56. The van der Waals surface area contributed by atoms with Gasteiger partial charge < -0.3 is 4.90 Å². The zero-order chi connectivity index (χ0) is 11.6. The largest absolute Gasteiger partial charge is 0.353 e. The fourth-order valence-electron chi connectivity index (χ4n) is 1.82. The molecule has 0 aromatic carbocycles. The van der Waals surface area contributed by atoms with E-state index in [-0.39, 0.29) is 4.75 Å². The van der Waals surface area contributed by atoms with Gasteiger partial charge in [0, 0.05) is 29.8 Å². The monoisotopic (exact) mass is 257 g/mol. The number of halogens is 1. The normalized spacial score (nSPS) is 19.8. The molecule has 1 aromatic heterocycles. The average Bonchev–Trinajstić information content (AvgIpc) is 2.28. The Balaban J connectivity index is 2.16. The number of nitrogens with zero attached hydrogens (tertiary/aromatic N) is 3. The van der Waals surface area contributed by atoms with Crippen molar-refractivity contribution >= 4 is 29.2 Å². The van der Waals surface area contributed by atoms with Crippen molar-refractivity contribution in [2.75, 3.05) is 23.7 Å². The summed E-state index contributed by atoms with van der Waals surface area (Å²) in [7, 11) is 0. The first-order valence-corrected chi connectivity index (χ1v) is 6.88. The van der Waals surface area contributed by atoms with Crippen LogP contribution in [0.1, 0.15) is 19.5 Å². The molecule has 2 heterocycles. The van der Waals surface area contributed by atoms with Crippen LogP contribution in [0.25, 0.3) is 0 Å². The van der Waals surface area contributed by atoms with Crippen molar-refractivity contribution in [2.45, 2.75) is 24.5 Å². The van der Waals surface area contributed by atoms with Gasteiger partial charge in [-0.15, -0.1) is 11.6 Å². The van der Waals surface area contributed by atoms with Crippen LogP contribution in [-0.2, 0) is 5.88 Å². The molecule has 3 nitrogen and oxygen atoms in total. The molecule has 1 saturated heterocycles. The second-order valence-corrected chi connectivity index (χ2v) is 6.60. The van der Waals surface area contributed by atoms with Crippen molar-refractivity contribution in [1.82, 2.24) is 9.97 Å². The van der Waals surface area contributed by atoms with E-state index in [9.17, 15) is 0 Å². The SMILES string of the molecule is CC1(C)CN(c2cncc(CCl)n2)CCS1. The molecule has 5 heteroatoms. The molecule has 16 heavy (non-hydrogen) atoms. The number of anilines is 1.